The summed E-state index contributed by atoms with van der Waals surface area (Å²) in [5.74, 6) is 0. The average Bonchev–Trinajstić information content (AvgIpc) is 2.98. The molecule has 0 rings (SSSR count). The maximum absolute atomic E-state index is 9.52. The fourth-order valence-corrected chi connectivity index (χ4v) is 4.74. The second kappa shape index (κ2) is 36.9. The van der Waals surface area contributed by atoms with Crippen LogP contribution in [0, 0.1) is 0 Å². The van der Waals surface area contributed by atoms with Gasteiger partial charge in [0.1, 0.15) is 0 Å². The van der Waals surface area contributed by atoms with Crippen molar-refractivity contribution in [2.75, 3.05) is 39.6 Å². The summed E-state index contributed by atoms with van der Waals surface area (Å²) in [5, 5.41) is 54.6. The molecule has 0 aromatic rings. The monoisotopic (exact) mass is 609 g/mol. The van der Waals surface area contributed by atoms with Gasteiger partial charge in [0.05, 0.1) is 50.8 Å². The second-order valence-corrected chi connectivity index (χ2v) is 12.0. The Labute approximate surface area is 259 Å². The van der Waals surface area contributed by atoms with Crippen molar-refractivity contribution >= 4 is 0 Å². The van der Waals surface area contributed by atoms with Crippen LogP contribution in [-0.4, -0.2) is 94.7 Å². The van der Waals surface area contributed by atoms with Crippen molar-refractivity contribution in [3.05, 3.63) is 0 Å². The van der Waals surface area contributed by atoms with Gasteiger partial charge in [-0.1, -0.05) is 129 Å². The largest absolute Gasteiger partial charge is 0.394 e. The molecule has 0 bridgehead atoms. The highest BCUT2D eigenvalue weighted by Crippen LogP contribution is 2.12. The number of ether oxygens (including phenoxy) is 2. The molecule has 4 atom stereocenters. The van der Waals surface area contributed by atoms with E-state index in [1.165, 1.54) is 116 Å². The van der Waals surface area contributed by atoms with Gasteiger partial charge >= 0.3 is 0 Å². The number of hydrogen-bond acceptors (Lipinski definition) is 8. The molecule has 0 amide bonds. The zero-order chi connectivity index (χ0) is 31.5. The van der Waals surface area contributed by atoms with Crippen LogP contribution in [0.3, 0.4) is 0 Å². The minimum atomic E-state index is -0.846. The van der Waals surface area contributed by atoms with Gasteiger partial charge in [0, 0.05) is 26.1 Å². The fraction of sp³-hybridized carbons (Fsp3) is 1.00. The van der Waals surface area contributed by atoms with E-state index in [1.54, 1.807) is 0 Å². The van der Waals surface area contributed by atoms with Crippen molar-refractivity contribution in [3.63, 3.8) is 0 Å². The zero-order valence-electron chi connectivity index (χ0n) is 27.6. The summed E-state index contributed by atoms with van der Waals surface area (Å²) in [6, 6.07) is 0. The average molecular weight is 609 g/mol. The summed E-state index contributed by atoms with van der Waals surface area (Å²) in [6.45, 7) is 5.70. The van der Waals surface area contributed by atoms with Gasteiger partial charge in [-0.3, -0.25) is 0 Å². The van der Waals surface area contributed by atoms with Crippen LogP contribution in [0.2, 0.25) is 0 Å². The van der Waals surface area contributed by atoms with Crippen molar-refractivity contribution in [1.82, 2.24) is 0 Å². The van der Waals surface area contributed by atoms with Crippen LogP contribution in [0.1, 0.15) is 155 Å². The first-order chi connectivity index (χ1) is 20.4. The lowest BCUT2D eigenvalue weighted by atomic mass is 10.1. The molecule has 8 nitrogen and oxygen atoms in total. The van der Waals surface area contributed by atoms with Crippen molar-refractivity contribution in [2.24, 2.45) is 0 Å². The summed E-state index contributed by atoms with van der Waals surface area (Å²) < 4.78 is 10.7. The Morgan fingerprint density at radius 2 is 0.643 bits per heavy atom. The van der Waals surface area contributed by atoms with Crippen LogP contribution in [0.4, 0.5) is 0 Å². The Kier molecular flexibility index (Phi) is 38.5. The fourth-order valence-electron chi connectivity index (χ4n) is 4.74. The molecule has 0 saturated heterocycles. The smallest absolute Gasteiger partial charge is 0.0799 e. The van der Waals surface area contributed by atoms with Crippen molar-refractivity contribution in [1.29, 1.82) is 0 Å². The van der Waals surface area contributed by atoms with E-state index in [4.69, 9.17) is 29.9 Å². The summed E-state index contributed by atoms with van der Waals surface area (Å²) >= 11 is 0. The van der Waals surface area contributed by atoms with E-state index in [0.29, 0.717) is 13.2 Å². The van der Waals surface area contributed by atoms with Gasteiger partial charge < -0.3 is 40.1 Å². The van der Waals surface area contributed by atoms with Crippen LogP contribution < -0.4 is 0 Å². The molecule has 0 radical (unpaired) electrons. The molecule has 0 aliphatic rings. The van der Waals surface area contributed by atoms with Gasteiger partial charge in [-0.25, -0.2) is 0 Å². The molecule has 0 fully saturated rings. The standard InChI is InChI=1S/2C17H36O4/c2*1-2-3-4-5-6-7-8-9-10-11-12-21-15-17(20)13-16(19)14-18/h2*16-20H,2-15H2,1H3. The highest BCUT2D eigenvalue weighted by Gasteiger charge is 2.11. The lowest BCUT2D eigenvalue weighted by Gasteiger charge is -2.13. The molecule has 6 N–H and O–H groups in total. The summed E-state index contributed by atoms with van der Waals surface area (Å²) in [6.07, 6.45) is 23.2. The highest BCUT2D eigenvalue weighted by atomic mass is 16.5. The maximum atomic E-state index is 9.52. The summed E-state index contributed by atoms with van der Waals surface area (Å²) in [4.78, 5) is 0. The molecule has 0 aliphatic heterocycles. The Morgan fingerprint density at radius 1 is 0.381 bits per heavy atom. The van der Waals surface area contributed by atoms with Crippen molar-refractivity contribution in [2.45, 2.75) is 180 Å². The van der Waals surface area contributed by atoms with E-state index in [1.807, 2.05) is 0 Å². The topological polar surface area (TPSA) is 140 Å². The Hall–Kier alpha value is -0.320. The van der Waals surface area contributed by atoms with E-state index >= 15 is 0 Å². The van der Waals surface area contributed by atoms with Crippen molar-refractivity contribution < 1.29 is 40.1 Å². The Bertz CT molecular complexity index is 440. The van der Waals surface area contributed by atoms with E-state index in [0.717, 1.165) is 12.8 Å². The number of hydrogen-bond donors (Lipinski definition) is 6. The van der Waals surface area contributed by atoms with Gasteiger partial charge in [-0.15, -0.1) is 0 Å². The first kappa shape index (κ1) is 43.8. The van der Waals surface area contributed by atoms with E-state index in [2.05, 4.69) is 13.8 Å². The first-order valence-electron chi connectivity index (χ1n) is 17.5. The van der Waals surface area contributed by atoms with Crippen LogP contribution in [-0.2, 0) is 9.47 Å². The molecular weight excluding hydrogens is 536 g/mol. The SMILES string of the molecule is CCCCCCCCCCCCOCC(O)CC(O)CO.CCCCCCCCCCCCOCC(O)CC(O)CO. The third kappa shape index (κ3) is 37.7. The second-order valence-electron chi connectivity index (χ2n) is 12.0. The lowest BCUT2D eigenvalue weighted by molar-refractivity contribution is -0.00681. The highest BCUT2D eigenvalue weighted by molar-refractivity contribution is 4.62. The van der Waals surface area contributed by atoms with E-state index in [9.17, 15) is 10.2 Å². The van der Waals surface area contributed by atoms with Crippen LogP contribution in [0.5, 0.6) is 0 Å². The molecule has 0 heterocycles. The molecule has 8 heteroatoms. The minimum Gasteiger partial charge on any atom is -0.394 e. The third-order valence-corrected chi connectivity index (χ3v) is 7.41. The predicted molar refractivity (Wildman–Crippen MR) is 173 cm³/mol. The molecule has 42 heavy (non-hydrogen) atoms. The molecule has 0 saturated carbocycles. The van der Waals surface area contributed by atoms with Gasteiger partial charge in [-0.2, -0.15) is 0 Å². The van der Waals surface area contributed by atoms with Gasteiger partial charge in [0.2, 0.25) is 0 Å². The normalized spacial score (nSPS) is 14.3. The van der Waals surface area contributed by atoms with Crippen molar-refractivity contribution in [3.8, 4) is 0 Å². The third-order valence-electron chi connectivity index (χ3n) is 7.41. The number of aliphatic hydroxyl groups is 6. The van der Waals surface area contributed by atoms with E-state index < -0.39 is 24.4 Å². The van der Waals surface area contributed by atoms with Gasteiger partial charge in [-0.05, 0) is 12.8 Å². The number of rotatable bonds is 32. The summed E-state index contributed by atoms with van der Waals surface area (Å²) in [7, 11) is 0. The lowest BCUT2D eigenvalue weighted by Crippen LogP contribution is -2.24. The van der Waals surface area contributed by atoms with E-state index in [-0.39, 0.29) is 39.3 Å². The van der Waals surface area contributed by atoms with Crippen LogP contribution in [0.25, 0.3) is 0 Å². The molecule has 0 aromatic carbocycles. The molecule has 0 aromatic heterocycles. The van der Waals surface area contributed by atoms with Crippen LogP contribution >= 0.6 is 0 Å². The predicted octanol–water partition coefficient (Wildman–Crippen LogP) is 6.06. The number of aliphatic hydroxyl groups excluding tert-OH is 6. The van der Waals surface area contributed by atoms with Gasteiger partial charge in [0.25, 0.3) is 0 Å². The summed E-state index contributed by atoms with van der Waals surface area (Å²) in [5.41, 5.74) is 0. The first-order valence-corrected chi connectivity index (χ1v) is 17.5. The maximum Gasteiger partial charge on any atom is 0.0799 e. The molecule has 4 unspecified atom stereocenters. The van der Waals surface area contributed by atoms with Gasteiger partial charge in [0.15, 0.2) is 0 Å². The number of unbranched alkanes of at least 4 members (excludes halogenated alkanes) is 18. The van der Waals surface area contributed by atoms with Crippen LogP contribution in [0.15, 0.2) is 0 Å². The quantitative estimate of drug-likeness (QED) is 0.0507. The minimum absolute atomic E-state index is 0.175. The molecular formula is C34H72O8. The molecule has 0 aliphatic carbocycles. The zero-order valence-corrected chi connectivity index (χ0v) is 27.6. The Balaban J connectivity index is 0. The molecule has 0 spiro atoms. The Morgan fingerprint density at radius 3 is 0.905 bits per heavy atom. The molecule has 256 valence electrons.